The highest BCUT2D eigenvalue weighted by molar-refractivity contribution is 5.69. The SMILES string of the molecule is CN1CCC(C)(c2ccc(O)cc2)OC1=O. The molecular weight excluding hydrogens is 206 g/mol. The maximum absolute atomic E-state index is 11.5. The van der Waals surface area contributed by atoms with E-state index in [1.165, 1.54) is 0 Å². The monoisotopic (exact) mass is 221 g/mol. The summed E-state index contributed by atoms with van der Waals surface area (Å²) in [5, 5.41) is 9.22. The van der Waals surface area contributed by atoms with Gasteiger partial charge >= 0.3 is 6.09 Å². The van der Waals surface area contributed by atoms with Crippen LogP contribution in [-0.4, -0.2) is 29.7 Å². The Labute approximate surface area is 94.4 Å². The lowest BCUT2D eigenvalue weighted by molar-refractivity contribution is -0.0350. The second-order valence-electron chi connectivity index (χ2n) is 4.32. The minimum atomic E-state index is -0.586. The molecule has 4 heteroatoms. The van der Waals surface area contributed by atoms with Gasteiger partial charge in [-0.3, -0.25) is 0 Å². The average Bonchev–Trinajstić information content (AvgIpc) is 2.25. The number of ether oxygens (including phenoxy) is 1. The predicted molar refractivity (Wildman–Crippen MR) is 59.2 cm³/mol. The van der Waals surface area contributed by atoms with Crippen molar-refractivity contribution < 1.29 is 14.6 Å². The zero-order valence-electron chi connectivity index (χ0n) is 9.43. The van der Waals surface area contributed by atoms with E-state index < -0.39 is 5.60 Å². The molecule has 1 amide bonds. The summed E-state index contributed by atoms with van der Waals surface area (Å²) in [5.41, 5.74) is 0.323. The van der Waals surface area contributed by atoms with Crippen molar-refractivity contribution in [2.45, 2.75) is 18.9 Å². The minimum absolute atomic E-state index is 0.214. The summed E-state index contributed by atoms with van der Waals surface area (Å²) in [6.45, 7) is 2.57. The third kappa shape index (κ3) is 1.83. The molecule has 1 fully saturated rings. The Morgan fingerprint density at radius 2 is 2.00 bits per heavy atom. The summed E-state index contributed by atoms with van der Waals surface area (Å²) in [6.07, 6.45) is 0.446. The molecule has 4 nitrogen and oxygen atoms in total. The van der Waals surface area contributed by atoms with Crippen LogP contribution in [0.15, 0.2) is 24.3 Å². The van der Waals surface area contributed by atoms with Crippen molar-refractivity contribution in [3.8, 4) is 5.75 Å². The highest BCUT2D eigenvalue weighted by Gasteiger charge is 2.36. The third-order valence-corrected chi connectivity index (χ3v) is 3.03. The summed E-state index contributed by atoms with van der Waals surface area (Å²) in [5.74, 6) is 0.214. The normalized spacial score (nSPS) is 25.4. The number of benzene rings is 1. The molecule has 0 spiro atoms. The lowest BCUT2D eigenvalue weighted by Gasteiger charge is -2.37. The second kappa shape index (κ2) is 3.70. The van der Waals surface area contributed by atoms with Crippen LogP contribution in [-0.2, 0) is 10.3 Å². The number of hydrogen-bond donors (Lipinski definition) is 1. The van der Waals surface area contributed by atoms with Gasteiger partial charge in [-0.2, -0.15) is 0 Å². The summed E-state index contributed by atoms with van der Waals surface area (Å²) in [4.78, 5) is 13.1. The van der Waals surface area contributed by atoms with Crippen molar-refractivity contribution >= 4 is 6.09 Å². The van der Waals surface area contributed by atoms with Gasteiger partial charge in [0.25, 0.3) is 0 Å². The Bertz CT molecular complexity index is 401. The van der Waals surface area contributed by atoms with Gasteiger partial charge in [0.2, 0.25) is 0 Å². The maximum Gasteiger partial charge on any atom is 0.410 e. The van der Waals surface area contributed by atoms with Gasteiger partial charge in [-0.1, -0.05) is 12.1 Å². The number of hydrogen-bond acceptors (Lipinski definition) is 3. The van der Waals surface area contributed by atoms with Crippen LogP contribution >= 0.6 is 0 Å². The van der Waals surface area contributed by atoms with Gasteiger partial charge < -0.3 is 14.7 Å². The van der Waals surface area contributed by atoms with Crippen LogP contribution in [0.1, 0.15) is 18.9 Å². The van der Waals surface area contributed by atoms with Gasteiger partial charge in [-0.25, -0.2) is 4.79 Å². The number of phenolic OH excluding ortho intramolecular Hbond substituents is 1. The topological polar surface area (TPSA) is 49.8 Å². The van der Waals surface area contributed by atoms with Crippen molar-refractivity contribution in [3.63, 3.8) is 0 Å². The van der Waals surface area contributed by atoms with E-state index in [4.69, 9.17) is 4.74 Å². The molecule has 0 bridgehead atoms. The van der Waals surface area contributed by atoms with Crippen molar-refractivity contribution in [2.24, 2.45) is 0 Å². The van der Waals surface area contributed by atoms with E-state index in [1.54, 1.807) is 36.2 Å². The summed E-state index contributed by atoms with van der Waals surface area (Å²) >= 11 is 0. The quantitative estimate of drug-likeness (QED) is 0.789. The fourth-order valence-electron chi connectivity index (χ4n) is 1.81. The third-order valence-electron chi connectivity index (χ3n) is 3.03. The summed E-state index contributed by atoms with van der Waals surface area (Å²) in [6, 6.07) is 6.78. The number of phenols is 1. The van der Waals surface area contributed by atoms with Gasteiger partial charge in [-0.15, -0.1) is 0 Å². The van der Waals surface area contributed by atoms with Gasteiger partial charge in [0.15, 0.2) is 0 Å². The second-order valence-corrected chi connectivity index (χ2v) is 4.32. The maximum atomic E-state index is 11.5. The van der Waals surface area contributed by atoms with Gasteiger partial charge in [0, 0.05) is 20.0 Å². The molecule has 2 rings (SSSR count). The van der Waals surface area contributed by atoms with E-state index in [0.717, 1.165) is 12.0 Å². The lowest BCUT2D eigenvalue weighted by atomic mass is 9.91. The highest BCUT2D eigenvalue weighted by atomic mass is 16.6. The fourth-order valence-corrected chi connectivity index (χ4v) is 1.81. The molecule has 0 aliphatic carbocycles. The molecule has 86 valence electrons. The van der Waals surface area contributed by atoms with E-state index in [-0.39, 0.29) is 11.8 Å². The molecule has 16 heavy (non-hydrogen) atoms. The zero-order chi connectivity index (χ0) is 11.8. The Kier molecular flexibility index (Phi) is 2.50. The largest absolute Gasteiger partial charge is 0.508 e. The molecule has 0 aromatic heterocycles. The van der Waals surface area contributed by atoms with Crippen LogP contribution in [0.3, 0.4) is 0 Å². The highest BCUT2D eigenvalue weighted by Crippen LogP contribution is 2.33. The van der Waals surface area contributed by atoms with Gasteiger partial charge in [0.05, 0.1) is 0 Å². The molecule has 1 aliphatic heterocycles. The summed E-state index contributed by atoms with van der Waals surface area (Å²) < 4.78 is 5.42. The van der Waals surface area contributed by atoms with Crippen molar-refractivity contribution in [1.29, 1.82) is 0 Å². The molecule has 1 unspecified atom stereocenters. The number of carbonyl (C=O) groups is 1. The van der Waals surface area contributed by atoms with Gasteiger partial charge in [-0.05, 0) is 24.6 Å². The van der Waals surface area contributed by atoms with E-state index in [1.807, 2.05) is 6.92 Å². The van der Waals surface area contributed by atoms with Crippen LogP contribution in [0.25, 0.3) is 0 Å². The number of carbonyl (C=O) groups excluding carboxylic acids is 1. The van der Waals surface area contributed by atoms with E-state index in [0.29, 0.717) is 6.54 Å². The Morgan fingerprint density at radius 3 is 2.56 bits per heavy atom. The zero-order valence-corrected chi connectivity index (χ0v) is 9.43. The van der Waals surface area contributed by atoms with E-state index in [2.05, 4.69) is 0 Å². The summed E-state index contributed by atoms with van der Waals surface area (Å²) in [7, 11) is 1.72. The smallest absolute Gasteiger partial charge is 0.410 e. The first-order valence-electron chi connectivity index (χ1n) is 5.25. The van der Waals surface area contributed by atoms with Crippen molar-refractivity contribution in [2.75, 3.05) is 13.6 Å². The van der Waals surface area contributed by atoms with Crippen LogP contribution < -0.4 is 0 Å². The van der Waals surface area contributed by atoms with E-state index in [9.17, 15) is 9.90 Å². The Morgan fingerprint density at radius 1 is 1.38 bits per heavy atom. The molecule has 1 aromatic rings. The first-order chi connectivity index (χ1) is 7.51. The molecule has 0 saturated carbocycles. The number of nitrogens with zero attached hydrogens (tertiary/aromatic N) is 1. The molecule has 0 radical (unpaired) electrons. The number of cyclic esters (lactones) is 1. The van der Waals surface area contributed by atoms with Crippen molar-refractivity contribution in [3.05, 3.63) is 29.8 Å². The fraction of sp³-hybridized carbons (Fsp3) is 0.417. The first kappa shape index (κ1) is 10.8. The number of rotatable bonds is 1. The Hall–Kier alpha value is -1.71. The standard InChI is InChI=1S/C12H15NO3/c1-12(7-8-13(2)11(15)16-12)9-3-5-10(14)6-4-9/h3-6,14H,7-8H2,1-2H3. The minimum Gasteiger partial charge on any atom is -0.508 e. The van der Waals surface area contributed by atoms with Crippen LogP contribution in [0.2, 0.25) is 0 Å². The first-order valence-corrected chi connectivity index (χ1v) is 5.25. The molecule has 1 heterocycles. The van der Waals surface area contributed by atoms with Crippen LogP contribution in [0.4, 0.5) is 4.79 Å². The van der Waals surface area contributed by atoms with Gasteiger partial charge in [0.1, 0.15) is 11.4 Å². The number of aromatic hydroxyl groups is 1. The lowest BCUT2D eigenvalue weighted by Crippen LogP contribution is -2.44. The molecule has 1 saturated heterocycles. The van der Waals surface area contributed by atoms with Crippen molar-refractivity contribution in [1.82, 2.24) is 4.90 Å². The molecule has 1 aromatic carbocycles. The Balaban J connectivity index is 2.25. The number of amides is 1. The molecular formula is C12H15NO3. The average molecular weight is 221 g/mol. The van der Waals surface area contributed by atoms with Crippen LogP contribution in [0, 0.1) is 0 Å². The molecule has 1 atom stereocenters. The molecule has 1 N–H and O–H groups in total. The van der Waals surface area contributed by atoms with E-state index >= 15 is 0 Å². The molecule has 1 aliphatic rings. The predicted octanol–water partition coefficient (Wildman–Crippen LogP) is 2.08. The van der Waals surface area contributed by atoms with Crippen LogP contribution in [0.5, 0.6) is 5.75 Å².